The SMILES string of the molecule is C=CC(=O)OCCC[Si](CCCC)(CCCC)OCC. The first-order valence-corrected chi connectivity index (χ1v) is 10.6. The van der Waals surface area contributed by atoms with Crippen LogP contribution in [0.15, 0.2) is 12.7 Å². The molecule has 0 amide bonds. The summed E-state index contributed by atoms with van der Waals surface area (Å²) in [5.74, 6) is -0.323. The molecule has 0 atom stereocenters. The van der Waals surface area contributed by atoms with Gasteiger partial charge in [-0.25, -0.2) is 4.79 Å². The summed E-state index contributed by atoms with van der Waals surface area (Å²) in [4.78, 5) is 11.0. The van der Waals surface area contributed by atoms with E-state index in [1.54, 1.807) is 0 Å². The van der Waals surface area contributed by atoms with Crippen molar-refractivity contribution in [3.8, 4) is 0 Å². The van der Waals surface area contributed by atoms with Gasteiger partial charge in [0, 0.05) is 12.7 Å². The average Bonchev–Trinajstić information content (AvgIpc) is 2.47. The molecular weight excluding hydrogens is 268 g/mol. The molecule has 0 rings (SSSR count). The average molecular weight is 301 g/mol. The van der Waals surface area contributed by atoms with Crippen molar-refractivity contribution in [2.24, 2.45) is 0 Å². The van der Waals surface area contributed by atoms with Crippen molar-refractivity contribution in [1.82, 2.24) is 0 Å². The van der Waals surface area contributed by atoms with Gasteiger partial charge in [0.1, 0.15) is 0 Å². The van der Waals surface area contributed by atoms with E-state index >= 15 is 0 Å². The first-order chi connectivity index (χ1) is 9.64. The van der Waals surface area contributed by atoms with Gasteiger partial charge < -0.3 is 9.16 Å². The summed E-state index contributed by atoms with van der Waals surface area (Å²) in [5, 5.41) is 0. The number of ether oxygens (including phenoxy) is 1. The fourth-order valence-corrected chi connectivity index (χ4v) is 7.10. The molecule has 0 spiro atoms. The molecule has 0 unspecified atom stereocenters. The Bertz CT molecular complexity index is 258. The van der Waals surface area contributed by atoms with E-state index in [4.69, 9.17) is 9.16 Å². The Hall–Kier alpha value is -0.613. The molecule has 0 saturated heterocycles. The highest BCUT2D eigenvalue weighted by atomic mass is 28.4. The van der Waals surface area contributed by atoms with E-state index in [0.717, 1.165) is 19.1 Å². The molecular formula is C16H32O3Si. The third-order valence-electron chi connectivity index (χ3n) is 3.61. The number of rotatable bonds is 13. The summed E-state index contributed by atoms with van der Waals surface area (Å²) in [6.45, 7) is 11.3. The first kappa shape index (κ1) is 19.4. The lowest BCUT2D eigenvalue weighted by Gasteiger charge is -2.31. The summed E-state index contributed by atoms with van der Waals surface area (Å²) >= 11 is 0. The monoisotopic (exact) mass is 300 g/mol. The molecule has 0 aromatic rings. The lowest BCUT2D eigenvalue weighted by molar-refractivity contribution is -0.137. The van der Waals surface area contributed by atoms with Crippen LogP contribution in [0.2, 0.25) is 18.1 Å². The van der Waals surface area contributed by atoms with Crippen LogP contribution in [0.5, 0.6) is 0 Å². The summed E-state index contributed by atoms with van der Waals surface area (Å²) in [7, 11) is -1.64. The minimum absolute atomic E-state index is 0.323. The molecule has 0 N–H and O–H groups in total. The summed E-state index contributed by atoms with van der Waals surface area (Å²) in [5.41, 5.74) is 0. The topological polar surface area (TPSA) is 35.5 Å². The zero-order chi connectivity index (χ0) is 15.3. The second kappa shape index (κ2) is 12.2. The summed E-state index contributed by atoms with van der Waals surface area (Å²) in [6, 6.07) is 3.59. The van der Waals surface area contributed by atoms with Crippen molar-refractivity contribution in [2.75, 3.05) is 13.2 Å². The predicted molar refractivity (Wildman–Crippen MR) is 87.4 cm³/mol. The van der Waals surface area contributed by atoms with Gasteiger partial charge in [-0.3, -0.25) is 0 Å². The maximum Gasteiger partial charge on any atom is 0.330 e. The Morgan fingerprint density at radius 1 is 1.05 bits per heavy atom. The molecule has 0 bridgehead atoms. The molecule has 0 aromatic heterocycles. The van der Waals surface area contributed by atoms with Crippen molar-refractivity contribution in [2.45, 2.75) is 71.0 Å². The van der Waals surface area contributed by atoms with E-state index in [0.29, 0.717) is 6.61 Å². The van der Waals surface area contributed by atoms with Gasteiger partial charge in [-0.15, -0.1) is 0 Å². The molecule has 4 heteroatoms. The van der Waals surface area contributed by atoms with E-state index in [1.807, 2.05) is 0 Å². The van der Waals surface area contributed by atoms with Crippen LogP contribution in [0.1, 0.15) is 52.9 Å². The Balaban J connectivity index is 4.37. The molecule has 3 nitrogen and oxygen atoms in total. The maximum atomic E-state index is 11.0. The van der Waals surface area contributed by atoms with Gasteiger partial charge in [-0.2, -0.15) is 0 Å². The third-order valence-corrected chi connectivity index (χ3v) is 8.31. The first-order valence-electron chi connectivity index (χ1n) is 8.07. The zero-order valence-electron chi connectivity index (χ0n) is 13.6. The van der Waals surface area contributed by atoms with E-state index in [2.05, 4.69) is 27.4 Å². The fourth-order valence-electron chi connectivity index (χ4n) is 2.52. The van der Waals surface area contributed by atoms with Gasteiger partial charge in [0.05, 0.1) is 6.61 Å². The van der Waals surface area contributed by atoms with Crippen LogP contribution >= 0.6 is 0 Å². The lowest BCUT2D eigenvalue weighted by Crippen LogP contribution is -2.38. The second-order valence-corrected chi connectivity index (χ2v) is 9.45. The van der Waals surface area contributed by atoms with Crippen molar-refractivity contribution in [3.05, 3.63) is 12.7 Å². The zero-order valence-corrected chi connectivity index (χ0v) is 14.6. The molecule has 20 heavy (non-hydrogen) atoms. The minimum atomic E-state index is -1.64. The number of unbranched alkanes of at least 4 members (excludes halogenated alkanes) is 2. The highest BCUT2D eigenvalue weighted by Crippen LogP contribution is 2.28. The Morgan fingerprint density at radius 3 is 2.05 bits per heavy atom. The minimum Gasteiger partial charge on any atom is -0.463 e. The maximum absolute atomic E-state index is 11.0. The number of hydrogen-bond acceptors (Lipinski definition) is 3. The molecule has 0 aliphatic heterocycles. The van der Waals surface area contributed by atoms with Crippen molar-refractivity contribution < 1.29 is 14.0 Å². The van der Waals surface area contributed by atoms with Gasteiger partial charge in [0.2, 0.25) is 0 Å². The highest BCUT2D eigenvalue weighted by Gasteiger charge is 2.32. The summed E-state index contributed by atoms with van der Waals surface area (Å²) in [6.07, 6.45) is 7.09. The van der Waals surface area contributed by atoms with Crippen LogP contribution in [0.4, 0.5) is 0 Å². The van der Waals surface area contributed by atoms with Gasteiger partial charge in [0.25, 0.3) is 0 Å². The molecule has 0 radical (unpaired) electrons. The van der Waals surface area contributed by atoms with Crippen molar-refractivity contribution in [1.29, 1.82) is 0 Å². The quantitative estimate of drug-likeness (QED) is 0.214. The molecule has 0 saturated carbocycles. The van der Waals surface area contributed by atoms with Crippen LogP contribution in [-0.4, -0.2) is 27.5 Å². The van der Waals surface area contributed by atoms with Crippen LogP contribution < -0.4 is 0 Å². The molecule has 0 aliphatic rings. The van der Waals surface area contributed by atoms with E-state index < -0.39 is 8.32 Å². The number of esters is 1. The Kier molecular flexibility index (Phi) is 11.8. The van der Waals surface area contributed by atoms with E-state index in [9.17, 15) is 4.79 Å². The third kappa shape index (κ3) is 8.54. The normalized spacial score (nSPS) is 11.3. The Labute approximate surface area is 125 Å². The van der Waals surface area contributed by atoms with Gasteiger partial charge >= 0.3 is 5.97 Å². The van der Waals surface area contributed by atoms with Crippen LogP contribution in [0, 0.1) is 0 Å². The van der Waals surface area contributed by atoms with Crippen LogP contribution in [0.3, 0.4) is 0 Å². The lowest BCUT2D eigenvalue weighted by atomic mass is 10.4. The van der Waals surface area contributed by atoms with Gasteiger partial charge in [-0.05, 0) is 31.5 Å². The predicted octanol–water partition coefficient (Wildman–Crippen LogP) is 4.69. The molecule has 118 valence electrons. The van der Waals surface area contributed by atoms with Crippen LogP contribution in [0.25, 0.3) is 0 Å². The van der Waals surface area contributed by atoms with E-state index in [-0.39, 0.29) is 5.97 Å². The van der Waals surface area contributed by atoms with E-state index in [1.165, 1.54) is 43.8 Å². The molecule has 0 heterocycles. The van der Waals surface area contributed by atoms with Crippen LogP contribution in [-0.2, 0) is 14.0 Å². The number of hydrogen-bond donors (Lipinski definition) is 0. The molecule has 0 fully saturated rings. The van der Waals surface area contributed by atoms with Gasteiger partial charge in [0.15, 0.2) is 8.32 Å². The number of carbonyl (C=O) groups excluding carboxylic acids is 1. The molecule has 0 aromatic carbocycles. The smallest absolute Gasteiger partial charge is 0.330 e. The van der Waals surface area contributed by atoms with Crippen molar-refractivity contribution >= 4 is 14.3 Å². The van der Waals surface area contributed by atoms with Gasteiger partial charge in [-0.1, -0.05) is 46.1 Å². The largest absolute Gasteiger partial charge is 0.463 e. The van der Waals surface area contributed by atoms with Crippen molar-refractivity contribution in [3.63, 3.8) is 0 Å². The summed E-state index contributed by atoms with van der Waals surface area (Å²) < 4.78 is 11.3. The fraction of sp³-hybridized carbons (Fsp3) is 0.812. The molecule has 0 aliphatic carbocycles. The highest BCUT2D eigenvalue weighted by molar-refractivity contribution is 6.73. The number of carbonyl (C=O) groups is 1. The standard InChI is InChI=1S/C16H32O3Si/c1-5-9-13-20(19-8-4,14-10-6-2)15-11-12-18-16(17)7-3/h7H,3,5-6,8-15H2,1-2,4H3. The Morgan fingerprint density at radius 2 is 1.60 bits per heavy atom. The second-order valence-electron chi connectivity index (χ2n) is 5.30.